The molecule has 0 radical (unpaired) electrons. The zero-order chi connectivity index (χ0) is 17.2. The first-order valence-corrected chi connectivity index (χ1v) is 8.45. The summed E-state index contributed by atoms with van der Waals surface area (Å²) in [7, 11) is 0. The minimum atomic E-state index is -0.885. The van der Waals surface area contributed by atoms with E-state index < -0.39 is 11.4 Å². The molecule has 128 valence electrons. The minimum Gasteiger partial charge on any atom is -0.462 e. The first-order valence-electron chi connectivity index (χ1n) is 8.45. The molecule has 1 N–H and O–H groups in total. The Morgan fingerprint density at radius 2 is 1.75 bits per heavy atom. The van der Waals surface area contributed by atoms with Crippen LogP contribution >= 0.6 is 0 Å². The molecule has 0 aromatic heterocycles. The van der Waals surface area contributed by atoms with Crippen LogP contribution in [0.5, 0.6) is 0 Å². The molecule has 1 aromatic carbocycles. The molecule has 1 aliphatic carbocycles. The van der Waals surface area contributed by atoms with Crippen LogP contribution in [0.15, 0.2) is 24.3 Å². The van der Waals surface area contributed by atoms with Crippen LogP contribution in [0.4, 0.5) is 5.69 Å². The fourth-order valence-electron chi connectivity index (χ4n) is 3.04. The molecule has 0 bridgehead atoms. The molecule has 1 saturated carbocycles. The van der Waals surface area contributed by atoms with Gasteiger partial charge in [0.15, 0.2) is 0 Å². The van der Waals surface area contributed by atoms with Gasteiger partial charge in [-0.05, 0) is 56.9 Å². The predicted molar refractivity (Wildman–Crippen MR) is 88.5 cm³/mol. The molecular formula is C18H22N2O4. The monoisotopic (exact) mass is 330 g/mol. The Morgan fingerprint density at radius 1 is 1.12 bits per heavy atom. The molecule has 0 unspecified atom stereocenters. The SMILES string of the molecule is CCOC(=O)c1ccc(NC(=O)C2(C(=O)N3CCCC3)CC2)cc1. The molecule has 1 aromatic rings. The van der Waals surface area contributed by atoms with E-state index in [2.05, 4.69) is 5.32 Å². The van der Waals surface area contributed by atoms with Gasteiger partial charge in [0.25, 0.3) is 0 Å². The summed E-state index contributed by atoms with van der Waals surface area (Å²) in [5.41, 5.74) is 0.127. The van der Waals surface area contributed by atoms with Crippen molar-refractivity contribution in [3.8, 4) is 0 Å². The third-order valence-corrected chi connectivity index (χ3v) is 4.64. The summed E-state index contributed by atoms with van der Waals surface area (Å²) in [5.74, 6) is -0.679. The Bertz CT molecular complexity index is 643. The first kappa shape index (κ1) is 16.5. The van der Waals surface area contributed by atoms with Crippen LogP contribution in [0, 0.1) is 5.41 Å². The van der Waals surface area contributed by atoms with Crippen LogP contribution in [0.25, 0.3) is 0 Å². The maximum absolute atomic E-state index is 12.6. The summed E-state index contributed by atoms with van der Waals surface area (Å²) in [6, 6.07) is 6.52. The summed E-state index contributed by atoms with van der Waals surface area (Å²) in [4.78, 5) is 38.6. The van der Waals surface area contributed by atoms with Gasteiger partial charge in [-0.25, -0.2) is 4.79 Å². The number of nitrogens with zero attached hydrogens (tertiary/aromatic N) is 1. The lowest BCUT2D eigenvalue weighted by molar-refractivity contribution is -0.141. The van der Waals surface area contributed by atoms with Crippen molar-refractivity contribution in [2.24, 2.45) is 5.41 Å². The first-order chi connectivity index (χ1) is 11.6. The highest BCUT2D eigenvalue weighted by molar-refractivity contribution is 6.13. The van der Waals surface area contributed by atoms with E-state index in [1.54, 1.807) is 36.1 Å². The van der Waals surface area contributed by atoms with Crippen molar-refractivity contribution in [2.45, 2.75) is 32.6 Å². The molecule has 6 nitrogen and oxygen atoms in total. The molecule has 1 saturated heterocycles. The van der Waals surface area contributed by atoms with E-state index in [0.29, 0.717) is 30.7 Å². The van der Waals surface area contributed by atoms with Crippen molar-refractivity contribution in [1.29, 1.82) is 0 Å². The van der Waals surface area contributed by atoms with Gasteiger partial charge in [-0.2, -0.15) is 0 Å². The Labute approximate surface area is 141 Å². The number of nitrogens with one attached hydrogen (secondary N) is 1. The highest BCUT2D eigenvalue weighted by Crippen LogP contribution is 2.48. The van der Waals surface area contributed by atoms with Crippen LogP contribution in [0.2, 0.25) is 0 Å². The number of likely N-dealkylation sites (tertiary alicyclic amines) is 1. The average Bonchev–Trinajstić information content (AvgIpc) is 3.22. The molecule has 2 amide bonds. The smallest absolute Gasteiger partial charge is 0.338 e. The quantitative estimate of drug-likeness (QED) is 0.663. The summed E-state index contributed by atoms with van der Waals surface area (Å²) >= 11 is 0. The lowest BCUT2D eigenvalue weighted by Gasteiger charge is -2.22. The van der Waals surface area contributed by atoms with E-state index in [9.17, 15) is 14.4 Å². The van der Waals surface area contributed by atoms with Gasteiger partial charge in [-0.1, -0.05) is 0 Å². The molecule has 2 fully saturated rings. The van der Waals surface area contributed by atoms with Crippen LogP contribution in [-0.2, 0) is 14.3 Å². The van der Waals surface area contributed by atoms with E-state index in [4.69, 9.17) is 4.74 Å². The van der Waals surface area contributed by atoms with E-state index in [1.807, 2.05) is 0 Å². The van der Waals surface area contributed by atoms with Crippen molar-refractivity contribution in [3.05, 3.63) is 29.8 Å². The average molecular weight is 330 g/mol. The van der Waals surface area contributed by atoms with E-state index in [1.165, 1.54) is 0 Å². The molecule has 6 heteroatoms. The molecule has 1 heterocycles. The third-order valence-electron chi connectivity index (χ3n) is 4.64. The second-order valence-electron chi connectivity index (χ2n) is 6.33. The van der Waals surface area contributed by atoms with Crippen molar-refractivity contribution in [2.75, 3.05) is 25.0 Å². The molecule has 2 aliphatic rings. The number of anilines is 1. The lowest BCUT2D eigenvalue weighted by atomic mass is 10.0. The lowest BCUT2D eigenvalue weighted by Crippen LogP contribution is -2.41. The van der Waals surface area contributed by atoms with Gasteiger partial charge < -0.3 is 15.0 Å². The molecule has 24 heavy (non-hydrogen) atoms. The van der Waals surface area contributed by atoms with Crippen LogP contribution in [0.1, 0.15) is 43.0 Å². The highest BCUT2D eigenvalue weighted by atomic mass is 16.5. The Hall–Kier alpha value is -2.37. The van der Waals surface area contributed by atoms with Crippen molar-refractivity contribution < 1.29 is 19.1 Å². The zero-order valence-electron chi connectivity index (χ0n) is 13.8. The predicted octanol–water partition coefficient (Wildman–Crippen LogP) is 2.20. The minimum absolute atomic E-state index is 0.0411. The Kier molecular flexibility index (Phi) is 4.55. The van der Waals surface area contributed by atoms with Gasteiger partial charge in [-0.3, -0.25) is 9.59 Å². The standard InChI is InChI=1S/C18H22N2O4/c1-2-24-15(21)13-5-7-14(8-6-13)19-16(22)18(9-10-18)17(23)20-11-3-4-12-20/h5-8H,2-4,9-12H2,1H3,(H,19,22). The van der Waals surface area contributed by atoms with Crippen molar-refractivity contribution in [1.82, 2.24) is 4.90 Å². The number of amides is 2. The normalized spacial score (nSPS) is 18.1. The number of carbonyl (C=O) groups is 3. The fraction of sp³-hybridized carbons (Fsp3) is 0.500. The number of esters is 1. The van der Waals surface area contributed by atoms with Gasteiger partial charge >= 0.3 is 5.97 Å². The number of hydrogen-bond acceptors (Lipinski definition) is 4. The topological polar surface area (TPSA) is 75.7 Å². The number of carbonyl (C=O) groups excluding carboxylic acids is 3. The Balaban J connectivity index is 1.64. The fourth-order valence-corrected chi connectivity index (χ4v) is 3.04. The summed E-state index contributed by atoms with van der Waals surface area (Å²) in [5, 5.41) is 2.81. The highest BCUT2D eigenvalue weighted by Gasteiger charge is 2.58. The van der Waals surface area contributed by atoms with Gasteiger partial charge in [0.2, 0.25) is 11.8 Å². The van der Waals surface area contributed by atoms with E-state index in [-0.39, 0.29) is 11.8 Å². The van der Waals surface area contributed by atoms with Gasteiger partial charge in [0.05, 0.1) is 12.2 Å². The van der Waals surface area contributed by atoms with Gasteiger partial charge in [0.1, 0.15) is 5.41 Å². The van der Waals surface area contributed by atoms with E-state index >= 15 is 0 Å². The van der Waals surface area contributed by atoms with Crippen LogP contribution in [-0.4, -0.2) is 42.4 Å². The van der Waals surface area contributed by atoms with Gasteiger partial charge in [-0.15, -0.1) is 0 Å². The number of benzene rings is 1. The zero-order valence-corrected chi connectivity index (χ0v) is 13.8. The van der Waals surface area contributed by atoms with Crippen LogP contribution in [0.3, 0.4) is 0 Å². The largest absolute Gasteiger partial charge is 0.462 e. The summed E-state index contributed by atoms with van der Waals surface area (Å²) in [6.07, 6.45) is 3.24. The molecule has 3 rings (SSSR count). The molecule has 1 aliphatic heterocycles. The molecular weight excluding hydrogens is 308 g/mol. The second kappa shape index (κ2) is 6.63. The van der Waals surface area contributed by atoms with E-state index in [0.717, 1.165) is 25.9 Å². The summed E-state index contributed by atoms with van der Waals surface area (Å²) in [6.45, 7) is 3.57. The number of ether oxygens (including phenoxy) is 1. The Morgan fingerprint density at radius 3 is 2.29 bits per heavy atom. The maximum atomic E-state index is 12.6. The van der Waals surface area contributed by atoms with Crippen molar-refractivity contribution >= 4 is 23.5 Å². The number of rotatable bonds is 5. The number of hydrogen-bond donors (Lipinski definition) is 1. The van der Waals surface area contributed by atoms with Crippen molar-refractivity contribution in [3.63, 3.8) is 0 Å². The van der Waals surface area contributed by atoms with Crippen LogP contribution < -0.4 is 5.32 Å². The third kappa shape index (κ3) is 3.13. The molecule has 0 atom stereocenters. The summed E-state index contributed by atoms with van der Waals surface area (Å²) < 4.78 is 4.93. The maximum Gasteiger partial charge on any atom is 0.338 e. The van der Waals surface area contributed by atoms with Gasteiger partial charge in [0, 0.05) is 18.8 Å². The molecule has 0 spiro atoms. The second-order valence-corrected chi connectivity index (χ2v) is 6.33.